The maximum atomic E-state index is 12.8. The van der Waals surface area contributed by atoms with Crippen LogP contribution in [0.5, 0.6) is 0 Å². The average molecular weight is 417 g/mol. The highest BCUT2D eigenvalue weighted by Crippen LogP contribution is 2.29. The van der Waals surface area contributed by atoms with Gasteiger partial charge >= 0.3 is 0 Å². The van der Waals surface area contributed by atoms with Gasteiger partial charge in [0.05, 0.1) is 19.2 Å². The summed E-state index contributed by atoms with van der Waals surface area (Å²) < 4.78 is 32.8. The van der Waals surface area contributed by atoms with Gasteiger partial charge in [-0.05, 0) is 54.1 Å². The van der Waals surface area contributed by atoms with Gasteiger partial charge in [-0.15, -0.1) is 11.3 Å². The van der Waals surface area contributed by atoms with Crippen molar-refractivity contribution in [2.45, 2.75) is 36.1 Å². The number of carbonyl (C=O) groups excluding carboxylic acids is 1. The second-order valence-corrected chi connectivity index (χ2v) is 9.60. The first-order chi connectivity index (χ1) is 13.5. The molecule has 3 aromatic rings. The van der Waals surface area contributed by atoms with Crippen LogP contribution in [0.4, 0.5) is 5.69 Å². The predicted molar refractivity (Wildman–Crippen MR) is 108 cm³/mol. The lowest BCUT2D eigenvalue weighted by Crippen LogP contribution is -2.33. The average Bonchev–Trinajstić information content (AvgIpc) is 3.12. The molecule has 1 fully saturated rings. The van der Waals surface area contributed by atoms with Gasteiger partial charge in [-0.3, -0.25) is 9.52 Å². The van der Waals surface area contributed by atoms with Crippen LogP contribution in [0.25, 0.3) is 0 Å². The van der Waals surface area contributed by atoms with E-state index in [4.69, 9.17) is 4.42 Å². The maximum Gasteiger partial charge on any atom is 0.271 e. The van der Waals surface area contributed by atoms with E-state index in [-0.39, 0.29) is 22.6 Å². The summed E-state index contributed by atoms with van der Waals surface area (Å²) >= 11 is 1.17. The van der Waals surface area contributed by atoms with Gasteiger partial charge in [-0.1, -0.05) is 18.2 Å². The van der Waals surface area contributed by atoms with Crippen molar-refractivity contribution in [1.29, 1.82) is 0 Å². The van der Waals surface area contributed by atoms with Crippen molar-refractivity contribution in [3.63, 3.8) is 0 Å². The highest BCUT2D eigenvalue weighted by Gasteiger charge is 2.32. The number of sulfonamides is 1. The zero-order chi connectivity index (χ0) is 19.6. The molecule has 0 unspecified atom stereocenters. The largest absolute Gasteiger partial charge is 0.467 e. The number of nitrogens with one attached hydrogen (secondary N) is 1. The monoisotopic (exact) mass is 416 g/mol. The third kappa shape index (κ3) is 4.45. The summed E-state index contributed by atoms with van der Waals surface area (Å²) in [5.41, 5.74) is 1.31. The molecule has 1 N–H and O–H groups in total. The van der Waals surface area contributed by atoms with Gasteiger partial charge in [0.25, 0.3) is 10.0 Å². The van der Waals surface area contributed by atoms with Crippen LogP contribution in [0.3, 0.4) is 0 Å². The van der Waals surface area contributed by atoms with Gasteiger partial charge in [0.2, 0.25) is 5.91 Å². The molecule has 6 nitrogen and oxygen atoms in total. The van der Waals surface area contributed by atoms with E-state index in [0.717, 1.165) is 24.2 Å². The number of hydrogen-bond acceptors (Lipinski definition) is 5. The quantitative estimate of drug-likeness (QED) is 0.604. The summed E-state index contributed by atoms with van der Waals surface area (Å²) in [4.78, 5) is 14.6. The zero-order valence-corrected chi connectivity index (χ0v) is 16.7. The maximum absolute atomic E-state index is 12.8. The molecule has 4 rings (SSSR count). The summed E-state index contributed by atoms with van der Waals surface area (Å²) in [6.45, 7) is 0.481. The van der Waals surface area contributed by atoms with Crippen LogP contribution in [0, 0.1) is 0 Å². The van der Waals surface area contributed by atoms with Gasteiger partial charge < -0.3 is 9.32 Å². The molecule has 1 aliphatic rings. The number of furan rings is 1. The van der Waals surface area contributed by atoms with E-state index in [1.165, 1.54) is 11.3 Å². The molecule has 0 atom stereocenters. The zero-order valence-electron chi connectivity index (χ0n) is 15.1. The molecular formula is C20H20N2O4S2. The van der Waals surface area contributed by atoms with Crippen molar-refractivity contribution in [3.8, 4) is 0 Å². The van der Waals surface area contributed by atoms with Crippen molar-refractivity contribution < 1.29 is 17.6 Å². The normalized spacial score (nSPS) is 14.0. The first-order valence-electron chi connectivity index (χ1n) is 8.98. The van der Waals surface area contributed by atoms with E-state index in [1.807, 2.05) is 17.0 Å². The Kier molecular flexibility index (Phi) is 5.23. The molecule has 146 valence electrons. The second-order valence-electron chi connectivity index (χ2n) is 6.74. The van der Waals surface area contributed by atoms with Crippen LogP contribution >= 0.6 is 11.3 Å². The molecule has 8 heteroatoms. The Bertz CT molecular complexity index is 1020. The molecular weight excluding hydrogens is 396 g/mol. The van der Waals surface area contributed by atoms with E-state index < -0.39 is 10.0 Å². The van der Waals surface area contributed by atoms with Gasteiger partial charge in [-0.2, -0.15) is 0 Å². The Hall–Kier alpha value is -2.58. The summed E-state index contributed by atoms with van der Waals surface area (Å²) in [5, 5.41) is 1.72. The molecule has 1 amide bonds. The third-order valence-corrected chi connectivity index (χ3v) is 7.31. The molecule has 0 spiro atoms. The highest BCUT2D eigenvalue weighted by molar-refractivity contribution is 7.94. The third-order valence-electron chi connectivity index (χ3n) is 4.54. The SMILES string of the molecule is O=C(Cc1ccc(NS(=O)(=O)c2cccs2)cc1)N(Cc1ccco1)C1CC1. The number of carbonyl (C=O) groups is 1. The smallest absolute Gasteiger partial charge is 0.271 e. The Morgan fingerprint density at radius 2 is 1.93 bits per heavy atom. The van der Waals surface area contributed by atoms with Crippen molar-refractivity contribution in [3.05, 3.63) is 71.5 Å². The first-order valence-corrected chi connectivity index (χ1v) is 11.3. The molecule has 0 saturated heterocycles. The molecule has 1 aromatic carbocycles. The number of benzene rings is 1. The summed E-state index contributed by atoms with van der Waals surface area (Å²) in [5.74, 6) is 0.824. The minimum Gasteiger partial charge on any atom is -0.467 e. The van der Waals surface area contributed by atoms with Crippen LogP contribution in [-0.4, -0.2) is 25.3 Å². The fourth-order valence-electron chi connectivity index (χ4n) is 2.97. The Balaban J connectivity index is 1.40. The van der Waals surface area contributed by atoms with Gasteiger partial charge in [0.1, 0.15) is 9.97 Å². The molecule has 0 aliphatic heterocycles. The Morgan fingerprint density at radius 3 is 2.54 bits per heavy atom. The number of thiophene rings is 1. The molecule has 1 aliphatic carbocycles. The van der Waals surface area contributed by atoms with Crippen LogP contribution < -0.4 is 4.72 Å². The topological polar surface area (TPSA) is 79.6 Å². The molecule has 0 bridgehead atoms. The first kappa shape index (κ1) is 18.8. The lowest BCUT2D eigenvalue weighted by Gasteiger charge is -2.21. The Morgan fingerprint density at radius 1 is 1.14 bits per heavy atom. The molecule has 2 aromatic heterocycles. The lowest BCUT2D eigenvalue weighted by molar-refractivity contribution is -0.131. The van der Waals surface area contributed by atoms with E-state index in [1.54, 1.807) is 48.0 Å². The van der Waals surface area contributed by atoms with E-state index in [2.05, 4.69) is 4.72 Å². The van der Waals surface area contributed by atoms with Crippen molar-refractivity contribution >= 4 is 33.0 Å². The predicted octanol–water partition coefficient (Wildman–Crippen LogP) is 3.88. The minimum absolute atomic E-state index is 0.0471. The number of hydrogen-bond donors (Lipinski definition) is 1. The van der Waals surface area contributed by atoms with Crippen LogP contribution in [0.1, 0.15) is 24.2 Å². The van der Waals surface area contributed by atoms with Crippen LogP contribution in [-0.2, 0) is 27.8 Å². The fourth-order valence-corrected chi connectivity index (χ4v) is 5.02. The fraction of sp³-hybridized carbons (Fsp3) is 0.250. The summed E-state index contributed by atoms with van der Waals surface area (Å²) in [6.07, 6.45) is 3.93. The molecule has 28 heavy (non-hydrogen) atoms. The summed E-state index contributed by atoms with van der Waals surface area (Å²) in [6, 6.07) is 14.2. The van der Waals surface area contributed by atoms with Crippen molar-refractivity contribution in [2.24, 2.45) is 0 Å². The van der Waals surface area contributed by atoms with Crippen LogP contribution in [0.15, 0.2) is 68.8 Å². The van der Waals surface area contributed by atoms with Gasteiger partial charge in [-0.25, -0.2) is 8.42 Å². The Labute approximate surface area is 167 Å². The van der Waals surface area contributed by atoms with E-state index in [0.29, 0.717) is 12.2 Å². The number of rotatable bonds is 8. The number of anilines is 1. The molecule has 1 saturated carbocycles. The van der Waals surface area contributed by atoms with Gasteiger partial charge in [0, 0.05) is 11.7 Å². The van der Waals surface area contributed by atoms with Gasteiger partial charge in [0.15, 0.2) is 0 Å². The summed E-state index contributed by atoms with van der Waals surface area (Å²) in [7, 11) is -3.57. The second kappa shape index (κ2) is 7.81. The van der Waals surface area contributed by atoms with E-state index in [9.17, 15) is 13.2 Å². The molecule has 0 radical (unpaired) electrons. The number of amides is 1. The van der Waals surface area contributed by atoms with E-state index >= 15 is 0 Å². The minimum atomic E-state index is -3.57. The van der Waals surface area contributed by atoms with Crippen molar-refractivity contribution in [2.75, 3.05) is 4.72 Å². The standard InChI is InChI=1S/C20H20N2O4S2/c23-19(22(17-9-10-17)14-18-3-1-11-26-18)13-15-5-7-16(8-6-15)21-28(24,25)20-4-2-12-27-20/h1-8,11-12,17,21H,9-10,13-14H2. The number of nitrogens with zero attached hydrogens (tertiary/aromatic N) is 1. The highest BCUT2D eigenvalue weighted by atomic mass is 32.2. The molecule has 2 heterocycles. The lowest BCUT2D eigenvalue weighted by atomic mass is 10.1. The van der Waals surface area contributed by atoms with Crippen LogP contribution in [0.2, 0.25) is 0 Å². The van der Waals surface area contributed by atoms with Crippen molar-refractivity contribution in [1.82, 2.24) is 4.90 Å².